The number of hydrogen-bond acceptors (Lipinski definition) is 5. The smallest absolute Gasteiger partial charge is 0.255 e. The van der Waals surface area contributed by atoms with Gasteiger partial charge in [-0.3, -0.25) is 9.59 Å². The second-order valence-corrected chi connectivity index (χ2v) is 10.1. The van der Waals surface area contributed by atoms with Crippen molar-refractivity contribution in [2.45, 2.75) is 40.3 Å². The van der Waals surface area contributed by atoms with E-state index in [1.807, 2.05) is 23.1 Å². The first-order valence-corrected chi connectivity index (χ1v) is 11.5. The van der Waals surface area contributed by atoms with Crippen LogP contribution in [0.15, 0.2) is 59.7 Å². The number of rotatable bonds is 4. The number of carbonyl (C=O) groups is 1. The van der Waals surface area contributed by atoms with Crippen molar-refractivity contribution >= 4 is 28.2 Å². The molecule has 3 heterocycles. The Hall–Kier alpha value is -4.07. The number of anilines is 2. The molecule has 35 heavy (non-hydrogen) atoms. The van der Waals surface area contributed by atoms with E-state index in [0.29, 0.717) is 36.4 Å². The van der Waals surface area contributed by atoms with Gasteiger partial charge < -0.3 is 15.2 Å². The quantitative estimate of drug-likeness (QED) is 0.430. The van der Waals surface area contributed by atoms with Gasteiger partial charge in [-0.1, -0.05) is 32.9 Å². The van der Waals surface area contributed by atoms with Crippen LogP contribution in [0.4, 0.5) is 15.9 Å². The third kappa shape index (κ3) is 4.77. The second-order valence-electron chi connectivity index (χ2n) is 10.1. The maximum Gasteiger partial charge on any atom is 0.255 e. The molecule has 0 unspecified atom stereocenters. The second kappa shape index (κ2) is 8.61. The average molecular weight is 472 g/mol. The molecule has 1 aliphatic heterocycles. The summed E-state index contributed by atoms with van der Waals surface area (Å²) in [5.41, 5.74) is 3.26. The highest BCUT2D eigenvalue weighted by atomic mass is 19.1. The highest BCUT2D eigenvalue weighted by molar-refractivity contribution is 5.85. The zero-order valence-corrected chi connectivity index (χ0v) is 19.9. The van der Waals surface area contributed by atoms with E-state index >= 15 is 0 Å². The molecule has 0 bridgehead atoms. The first-order valence-electron chi connectivity index (χ1n) is 11.5. The maximum atomic E-state index is 14.6. The van der Waals surface area contributed by atoms with Crippen molar-refractivity contribution in [1.29, 1.82) is 0 Å². The van der Waals surface area contributed by atoms with Crippen molar-refractivity contribution in [2.24, 2.45) is 5.41 Å². The summed E-state index contributed by atoms with van der Waals surface area (Å²) in [6.45, 7) is 7.30. The van der Waals surface area contributed by atoms with E-state index < -0.39 is 5.82 Å². The minimum Gasteiger partial charge on any atom is -0.338 e. The molecule has 8 heteroatoms. The van der Waals surface area contributed by atoms with Gasteiger partial charge in [0.05, 0.1) is 6.20 Å². The number of benzene rings is 2. The van der Waals surface area contributed by atoms with Crippen LogP contribution in [0.1, 0.15) is 38.3 Å². The number of carbonyl (C=O) groups excluding carboxylic acids is 1. The van der Waals surface area contributed by atoms with E-state index in [-0.39, 0.29) is 22.7 Å². The molecule has 0 saturated heterocycles. The lowest BCUT2D eigenvalue weighted by molar-refractivity contribution is -0.133. The molecule has 0 radical (unpaired) electrons. The Morgan fingerprint density at radius 3 is 2.71 bits per heavy atom. The summed E-state index contributed by atoms with van der Waals surface area (Å²) in [7, 11) is 0. The Balaban J connectivity index is 1.39. The van der Waals surface area contributed by atoms with Gasteiger partial charge in [-0.15, -0.1) is 0 Å². The molecule has 1 amide bonds. The summed E-state index contributed by atoms with van der Waals surface area (Å²) in [6, 6.07) is 12.8. The lowest BCUT2D eigenvalue weighted by atomic mass is 9.92. The van der Waals surface area contributed by atoms with E-state index in [0.717, 1.165) is 28.3 Å². The summed E-state index contributed by atoms with van der Waals surface area (Å²) in [5, 5.41) is 4.28. The number of pyridine rings is 1. The van der Waals surface area contributed by atoms with Gasteiger partial charge in [0.25, 0.3) is 5.56 Å². The Kier molecular flexibility index (Phi) is 5.59. The predicted octanol–water partition coefficient (Wildman–Crippen LogP) is 5.15. The molecule has 4 aromatic rings. The zero-order valence-electron chi connectivity index (χ0n) is 19.9. The summed E-state index contributed by atoms with van der Waals surface area (Å²) >= 11 is 0. The molecule has 0 fully saturated rings. The van der Waals surface area contributed by atoms with E-state index in [1.165, 1.54) is 0 Å². The summed E-state index contributed by atoms with van der Waals surface area (Å²) < 4.78 is 14.6. The molecule has 2 aromatic heterocycles. The molecule has 2 N–H and O–H groups in total. The average Bonchev–Trinajstić information content (AvgIpc) is 3.23. The van der Waals surface area contributed by atoms with Crippen molar-refractivity contribution in [3.63, 3.8) is 0 Å². The van der Waals surface area contributed by atoms with E-state index in [9.17, 15) is 14.0 Å². The SMILES string of the molecule is CC(C)(C)CC(=O)N1Cc2ccc(-c3ncc(F)c(Nc4ccc5c(=O)[nH]ccc5c4)n3)cc2C1. The van der Waals surface area contributed by atoms with Gasteiger partial charge in [-0.2, -0.15) is 0 Å². The highest BCUT2D eigenvalue weighted by Crippen LogP contribution is 2.30. The van der Waals surface area contributed by atoms with Crippen molar-refractivity contribution < 1.29 is 9.18 Å². The molecule has 0 spiro atoms. The third-order valence-electron chi connectivity index (χ3n) is 6.00. The number of nitrogens with zero attached hydrogens (tertiary/aromatic N) is 3. The topological polar surface area (TPSA) is 91.0 Å². The molecular formula is C27H26FN5O2. The van der Waals surface area contributed by atoms with Crippen molar-refractivity contribution in [3.8, 4) is 11.4 Å². The van der Waals surface area contributed by atoms with Gasteiger partial charge >= 0.3 is 0 Å². The van der Waals surface area contributed by atoms with Gasteiger partial charge in [-0.25, -0.2) is 14.4 Å². The van der Waals surface area contributed by atoms with Crippen LogP contribution in [-0.4, -0.2) is 25.8 Å². The summed E-state index contributed by atoms with van der Waals surface area (Å²) in [4.78, 5) is 37.7. The highest BCUT2D eigenvalue weighted by Gasteiger charge is 2.27. The fraction of sp³-hybridized carbons (Fsp3) is 0.259. The van der Waals surface area contributed by atoms with Gasteiger partial charge in [0.2, 0.25) is 5.91 Å². The normalized spacial score (nSPS) is 13.2. The van der Waals surface area contributed by atoms with Gasteiger partial charge in [0.15, 0.2) is 17.5 Å². The number of nitrogens with one attached hydrogen (secondary N) is 2. The molecule has 0 atom stereocenters. The van der Waals surface area contributed by atoms with Crippen molar-refractivity contribution in [2.75, 3.05) is 5.32 Å². The molecular weight excluding hydrogens is 445 g/mol. The largest absolute Gasteiger partial charge is 0.338 e. The minimum absolute atomic E-state index is 0.0432. The van der Waals surface area contributed by atoms with Crippen LogP contribution >= 0.6 is 0 Å². The van der Waals surface area contributed by atoms with Gasteiger partial charge in [-0.05, 0) is 52.3 Å². The monoisotopic (exact) mass is 471 g/mol. The number of H-pyrrole nitrogens is 1. The number of hydrogen-bond donors (Lipinski definition) is 2. The zero-order chi connectivity index (χ0) is 24.7. The van der Waals surface area contributed by atoms with Crippen LogP contribution in [-0.2, 0) is 17.9 Å². The predicted molar refractivity (Wildman–Crippen MR) is 134 cm³/mol. The van der Waals surface area contributed by atoms with Crippen LogP contribution in [0.5, 0.6) is 0 Å². The van der Waals surface area contributed by atoms with Crippen LogP contribution < -0.4 is 10.9 Å². The Morgan fingerprint density at radius 2 is 1.91 bits per heavy atom. The summed E-state index contributed by atoms with van der Waals surface area (Å²) in [5.74, 6) is -0.0212. The first-order chi connectivity index (χ1) is 16.7. The van der Waals surface area contributed by atoms with Crippen LogP contribution in [0.3, 0.4) is 0 Å². The standard InChI is InChI=1S/C27H26FN5O2/c1-27(2,3)12-23(34)33-14-18-5-4-17(10-19(18)15-33)24-30-13-22(28)25(32-24)31-20-6-7-21-16(11-20)8-9-29-26(21)35/h4-11,13H,12,14-15H2,1-3H3,(H,29,35)(H,30,31,32). The molecule has 0 aliphatic carbocycles. The number of aromatic nitrogens is 3. The maximum absolute atomic E-state index is 14.6. The minimum atomic E-state index is -0.583. The molecule has 5 rings (SSSR count). The first kappa shape index (κ1) is 22.7. The lowest BCUT2D eigenvalue weighted by Crippen LogP contribution is -2.28. The fourth-order valence-electron chi connectivity index (χ4n) is 4.28. The van der Waals surface area contributed by atoms with Crippen molar-refractivity contribution in [1.82, 2.24) is 19.9 Å². The Labute approximate surface area is 202 Å². The third-order valence-corrected chi connectivity index (χ3v) is 6.00. The Morgan fingerprint density at radius 1 is 1.11 bits per heavy atom. The lowest BCUT2D eigenvalue weighted by Gasteiger charge is -2.22. The molecule has 1 aliphatic rings. The molecule has 178 valence electrons. The van der Waals surface area contributed by atoms with Crippen LogP contribution in [0, 0.1) is 11.2 Å². The van der Waals surface area contributed by atoms with Gasteiger partial charge in [0.1, 0.15) is 0 Å². The van der Waals surface area contributed by atoms with E-state index in [1.54, 1.807) is 30.5 Å². The number of aromatic amines is 1. The van der Waals surface area contributed by atoms with Crippen LogP contribution in [0.2, 0.25) is 0 Å². The van der Waals surface area contributed by atoms with E-state index in [4.69, 9.17) is 0 Å². The molecule has 2 aromatic carbocycles. The number of halogens is 1. The van der Waals surface area contributed by atoms with Crippen molar-refractivity contribution in [3.05, 3.63) is 82.2 Å². The summed E-state index contributed by atoms with van der Waals surface area (Å²) in [6.07, 6.45) is 3.21. The molecule has 7 nitrogen and oxygen atoms in total. The van der Waals surface area contributed by atoms with E-state index in [2.05, 4.69) is 41.0 Å². The number of amides is 1. The number of fused-ring (bicyclic) bond motifs is 2. The Bertz CT molecular complexity index is 1510. The van der Waals surface area contributed by atoms with Crippen LogP contribution in [0.25, 0.3) is 22.2 Å². The fourth-order valence-corrected chi connectivity index (χ4v) is 4.28. The molecule has 0 saturated carbocycles. The van der Waals surface area contributed by atoms with Gasteiger partial charge in [0, 0.05) is 42.3 Å².